The molecule has 6 heteroatoms. The van der Waals surface area contributed by atoms with Crippen molar-refractivity contribution in [1.29, 1.82) is 0 Å². The monoisotopic (exact) mass is 374 g/mol. The Morgan fingerprint density at radius 2 is 2.00 bits per heavy atom. The van der Waals surface area contributed by atoms with Gasteiger partial charge in [-0.25, -0.2) is 15.0 Å². The van der Waals surface area contributed by atoms with Crippen LogP contribution in [0.1, 0.15) is 47.1 Å². The molecule has 1 unspecified atom stereocenters. The Morgan fingerprint density at radius 1 is 1.11 bits per heavy atom. The molecule has 1 aliphatic heterocycles. The summed E-state index contributed by atoms with van der Waals surface area (Å²) in [6.07, 6.45) is 7.91. The number of likely N-dealkylation sites (tertiary alicyclic amines) is 1. The summed E-state index contributed by atoms with van der Waals surface area (Å²) >= 11 is 0. The van der Waals surface area contributed by atoms with Gasteiger partial charge in [0.25, 0.3) is 0 Å². The Balaban J connectivity index is 1.58. The summed E-state index contributed by atoms with van der Waals surface area (Å²) in [4.78, 5) is 20.6. The number of anilines is 2. The maximum absolute atomic E-state index is 4.77. The van der Waals surface area contributed by atoms with Gasteiger partial charge in [0.1, 0.15) is 17.5 Å². The van der Waals surface area contributed by atoms with E-state index in [0.29, 0.717) is 6.04 Å². The van der Waals surface area contributed by atoms with Gasteiger partial charge in [0.05, 0.1) is 11.7 Å². The highest BCUT2D eigenvalue weighted by Gasteiger charge is 2.28. The number of nitrogens with zero attached hydrogens (tertiary/aromatic N) is 5. The summed E-state index contributed by atoms with van der Waals surface area (Å²) in [6.45, 7) is 8.11. The number of aryl methyl sites for hydroxylation is 3. The van der Waals surface area contributed by atoms with Crippen LogP contribution in [0.15, 0.2) is 42.9 Å². The summed E-state index contributed by atoms with van der Waals surface area (Å²) in [5.74, 6) is 2.41. The molecule has 1 atom stereocenters. The largest absolute Gasteiger partial charge is 0.325 e. The van der Waals surface area contributed by atoms with Gasteiger partial charge in [0, 0.05) is 31.2 Å². The van der Waals surface area contributed by atoms with E-state index in [1.807, 2.05) is 38.4 Å². The van der Waals surface area contributed by atoms with E-state index in [2.05, 4.69) is 44.2 Å². The molecule has 0 saturated carbocycles. The van der Waals surface area contributed by atoms with Crippen LogP contribution in [0.25, 0.3) is 0 Å². The predicted octanol–water partition coefficient (Wildman–Crippen LogP) is 4.27. The van der Waals surface area contributed by atoms with E-state index < -0.39 is 0 Å². The normalized spacial score (nSPS) is 17.0. The molecule has 0 spiro atoms. The Morgan fingerprint density at radius 3 is 2.82 bits per heavy atom. The van der Waals surface area contributed by atoms with Crippen LogP contribution in [0.3, 0.4) is 0 Å². The van der Waals surface area contributed by atoms with E-state index in [4.69, 9.17) is 4.98 Å². The van der Waals surface area contributed by atoms with Crippen LogP contribution >= 0.6 is 0 Å². The van der Waals surface area contributed by atoms with Crippen molar-refractivity contribution in [3.63, 3.8) is 0 Å². The molecule has 1 fully saturated rings. The topological polar surface area (TPSA) is 66.8 Å². The molecule has 1 aliphatic rings. The number of hydrogen-bond acceptors (Lipinski definition) is 6. The summed E-state index contributed by atoms with van der Waals surface area (Å²) in [6, 6.07) is 8.42. The minimum atomic E-state index is 0.298. The molecule has 4 heterocycles. The minimum absolute atomic E-state index is 0.298. The van der Waals surface area contributed by atoms with Crippen LogP contribution < -0.4 is 5.32 Å². The third kappa shape index (κ3) is 4.02. The SMILES string of the molecule is Cc1nc(Nc2ncccc2C)cc(C2CCCN2Cc2cnccc2C)n1. The molecule has 3 aromatic rings. The smallest absolute Gasteiger partial charge is 0.135 e. The van der Waals surface area contributed by atoms with E-state index in [9.17, 15) is 0 Å². The summed E-state index contributed by atoms with van der Waals surface area (Å²) in [5.41, 5.74) is 4.73. The Hall–Kier alpha value is -2.86. The number of rotatable bonds is 5. The van der Waals surface area contributed by atoms with Crippen molar-refractivity contribution in [2.75, 3.05) is 11.9 Å². The first kappa shape index (κ1) is 18.5. The second kappa shape index (κ2) is 8.02. The summed E-state index contributed by atoms with van der Waals surface area (Å²) < 4.78 is 0. The molecule has 0 aliphatic carbocycles. The molecule has 1 N–H and O–H groups in total. The summed E-state index contributed by atoms with van der Waals surface area (Å²) in [7, 11) is 0. The van der Waals surface area contributed by atoms with Gasteiger partial charge in [0.15, 0.2) is 0 Å². The first-order chi connectivity index (χ1) is 13.6. The lowest BCUT2D eigenvalue weighted by Crippen LogP contribution is -2.24. The van der Waals surface area contributed by atoms with E-state index in [1.165, 1.54) is 17.5 Å². The molecule has 0 aromatic carbocycles. The fraction of sp³-hybridized carbons (Fsp3) is 0.364. The number of hydrogen-bond donors (Lipinski definition) is 1. The number of aromatic nitrogens is 4. The lowest BCUT2D eigenvalue weighted by atomic mass is 10.1. The van der Waals surface area contributed by atoms with Crippen LogP contribution in [0.5, 0.6) is 0 Å². The van der Waals surface area contributed by atoms with Crippen molar-refractivity contribution in [3.8, 4) is 0 Å². The maximum atomic E-state index is 4.77. The maximum Gasteiger partial charge on any atom is 0.135 e. The quantitative estimate of drug-likeness (QED) is 0.719. The molecule has 0 bridgehead atoms. The van der Waals surface area contributed by atoms with Gasteiger partial charge in [-0.2, -0.15) is 0 Å². The summed E-state index contributed by atoms with van der Waals surface area (Å²) in [5, 5.41) is 3.36. The lowest BCUT2D eigenvalue weighted by molar-refractivity contribution is 0.243. The molecule has 144 valence electrons. The van der Waals surface area contributed by atoms with Crippen LogP contribution in [-0.4, -0.2) is 31.4 Å². The molecule has 0 amide bonds. The van der Waals surface area contributed by atoms with Crippen molar-refractivity contribution in [2.24, 2.45) is 0 Å². The zero-order chi connectivity index (χ0) is 19.5. The van der Waals surface area contributed by atoms with Gasteiger partial charge in [0.2, 0.25) is 0 Å². The Bertz CT molecular complexity index is 971. The molecule has 1 saturated heterocycles. The van der Waals surface area contributed by atoms with Gasteiger partial charge in [-0.05, 0) is 69.0 Å². The Labute approximate surface area is 166 Å². The van der Waals surface area contributed by atoms with Gasteiger partial charge in [-0.3, -0.25) is 9.88 Å². The van der Waals surface area contributed by atoms with Crippen LogP contribution in [0.2, 0.25) is 0 Å². The second-order valence-electron chi connectivity index (χ2n) is 7.45. The average Bonchev–Trinajstić information content (AvgIpc) is 3.13. The molecular weight excluding hydrogens is 348 g/mol. The first-order valence-corrected chi connectivity index (χ1v) is 9.78. The number of pyridine rings is 2. The van der Waals surface area contributed by atoms with E-state index in [1.54, 1.807) is 6.20 Å². The molecule has 4 rings (SSSR count). The van der Waals surface area contributed by atoms with E-state index in [-0.39, 0.29) is 0 Å². The molecule has 3 aromatic heterocycles. The lowest BCUT2D eigenvalue weighted by Gasteiger charge is -2.25. The second-order valence-corrected chi connectivity index (χ2v) is 7.45. The predicted molar refractivity (Wildman–Crippen MR) is 110 cm³/mol. The minimum Gasteiger partial charge on any atom is -0.325 e. The van der Waals surface area contributed by atoms with Crippen molar-refractivity contribution in [2.45, 2.75) is 46.2 Å². The molecule has 28 heavy (non-hydrogen) atoms. The standard InChI is InChI=1S/C22H26N6/c1-15-8-10-23-13-18(15)14-28-11-5-7-20(28)19-12-21(26-17(3)25-19)27-22-16(2)6-4-9-24-22/h4,6,8-10,12-13,20H,5,7,11,14H2,1-3H3,(H,24,25,26,27). The van der Waals surface area contributed by atoms with E-state index >= 15 is 0 Å². The van der Waals surface area contributed by atoms with Crippen molar-refractivity contribution in [1.82, 2.24) is 24.8 Å². The first-order valence-electron chi connectivity index (χ1n) is 9.78. The highest BCUT2D eigenvalue weighted by Crippen LogP contribution is 2.33. The fourth-order valence-electron chi connectivity index (χ4n) is 3.79. The molecular formula is C22H26N6. The highest BCUT2D eigenvalue weighted by molar-refractivity contribution is 5.55. The van der Waals surface area contributed by atoms with Gasteiger partial charge < -0.3 is 5.32 Å². The van der Waals surface area contributed by atoms with Crippen LogP contribution in [0.4, 0.5) is 11.6 Å². The van der Waals surface area contributed by atoms with Gasteiger partial charge in [-0.15, -0.1) is 0 Å². The zero-order valence-electron chi connectivity index (χ0n) is 16.7. The number of nitrogens with one attached hydrogen (secondary N) is 1. The van der Waals surface area contributed by atoms with Crippen molar-refractivity contribution >= 4 is 11.6 Å². The van der Waals surface area contributed by atoms with E-state index in [0.717, 1.165) is 48.2 Å². The average molecular weight is 374 g/mol. The van der Waals surface area contributed by atoms with Crippen molar-refractivity contribution in [3.05, 3.63) is 71.1 Å². The van der Waals surface area contributed by atoms with Gasteiger partial charge in [-0.1, -0.05) is 6.07 Å². The molecule has 6 nitrogen and oxygen atoms in total. The Kier molecular flexibility index (Phi) is 5.30. The zero-order valence-corrected chi connectivity index (χ0v) is 16.7. The van der Waals surface area contributed by atoms with Crippen LogP contribution in [-0.2, 0) is 6.54 Å². The van der Waals surface area contributed by atoms with Crippen molar-refractivity contribution < 1.29 is 0 Å². The van der Waals surface area contributed by atoms with Gasteiger partial charge >= 0.3 is 0 Å². The third-order valence-electron chi connectivity index (χ3n) is 5.34. The highest BCUT2D eigenvalue weighted by atomic mass is 15.2. The van der Waals surface area contributed by atoms with Crippen LogP contribution in [0, 0.1) is 20.8 Å². The molecule has 0 radical (unpaired) electrons. The third-order valence-corrected chi connectivity index (χ3v) is 5.34. The fourth-order valence-corrected chi connectivity index (χ4v) is 3.79.